The molecule has 5 rings (SSSR count). The number of nitrogens with zero attached hydrogens (tertiary/aromatic N) is 3. The van der Waals surface area contributed by atoms with Gasteiger partial charge in [-0.05, 0) is 37.8 Å². The first-order valence-electron chi connectivity index (χ1n) is 11.2. The topological polar surface area (TPSA) is 125 Å². The lowest BCUT2D eigenvalue weighted by atomic mass is 9.88. The third-order valence-corrected chi connectivity index (χ3v) is 5.71. The standard InChI is InChI=1S/C17H17F2N7O2.C5H10O/c1-20-13-7-12(23-10-3-2-6-21-16(10)28)25-14-9(8-22-26(13)14)15(27)24-11-4-5-17(11,18)19;1-2-4-6-5-3-1/h2-3,6-8,11,20H,4-5H2,1H3,(H,21,28)(H,23,25)(H,24,27);1-5H2/t11-;/m0./s1. The number of nitrogens with one attached hydrogen (secondary N) is 4. The van der Waals surface area contributed by atoms with Gasteiger partial charge < -0.3 is 25.7 Å². The fourth-order valence-electron chi connectivity index (χ4n) is 3.63. The summed E-state index contributed by atoms with van der Waals surface area (Å²) >= 11 is 0. The van der Waals surface area contributed by atoms with Crippen molar-refractivity contribution in [3.63, 3.8) is 0 Å². The lowest BCUT2D eigenvalue weighted by Gasteiger charge is -2.36. The predicted octanol–water partition coefficient (Wildman–Crippen LogP) is 2.92. The maximum Gasteiger partial charge on any atom is 0.271 e. The van der Waals surface area contributed by atoms with Gasteiger partial charge in [0, 0.05) is 38.9 Å². The monoisotopic (exact) mass is 475 g/mol. The predicted molar refractivity (Wildman–Crippen MR) is 123 cm³/mol. The van der Waals surface area contributed by atoms with Crippen molar-refractivity contribution in [2.75, 3.05) is 30.9 Å². The number of rotatable bonds is 5. The summed E-state index contributed by atoms with van der Waals surface area (Å²) in [6.45, 7) is 2.00. The number of H-pyrrole nitrogens is 1. The van der Waals surface area contributed by atoms with Crippen molar-refractivity contribution in [3.05, 3.63) is 46.5 Å². The number of carbonyl (C=O) groups is 1. The summed E-state index contributed by atoms with van der Waals surface area (Å²) in [5.74, 6) is -2.79. The first-order chi connectivity index (χ1) is 16.4. The number of halogens is 2. The minimum absolute atomic E-state index is 0.0600. The molecule has 0 radical (unpaired) electrons. The third-order valence-electron chi connectivity index (χ3n) is 5.71. The molecule has 182 valence electrons. The molecule has 1 amide bonds. The van der Waals surface area contributed by atoms with Gasteiger partial charge in [-0.25, -0.2) is 13.8 Å². The van der Waals surface area contributed by atoms with Crippen LogP contribution in [0, 0.1) is 0 Å². The molecule has 10 nitrogen and oxygen atoms in total. The van der Waals surface area contributed by atoms with Crippen LogP contribution in [0.5, 0.6) is 0 Å². The number of anilines is 3. The number of fused-ring (bicyclic) bond motifs is 1. The van der Waals surface area contributed by atoms with Gasteiger partial charge in [0.25, 0.3) is 17.4 Å². The van der Waals surface area contributed by atoms with Crippen molar-refractivity contribution in [2.45, 2.75) is 44.1 Å². The molecular formula is C22H27F2N7O3. The molecule has 1 aliphatic heterocycles. The average molecular weight is 476 g/mol. The van der Waals surface area contributed by atoms with Crippen molar-refractivity contribution in [3.8, 4) is 0 Å². The van der Waals surface area contributed by atoms with Gasteiger partial charge in [-0.15, -0.1) is 0 Å². The maximum absolute atomic E-state index is 13.5. The van der Waals surface area contributed by atoms with E-state index >= 15 is 0 Å². The fraction of sp³-hybridized carbons (Fsp3) is 0.455. The number of ether oxygens (including phenoxy) is 1. The number of hydrogen-bond acceptors (Lipinski definition) is 7. The molecule has 34 heavy (non-hydrogen) atoms. The van der Waals surface area contributed by atoms with E-state index in [4.69, 9.17) is 4.74 Å². The molecule has 0 bridgehead atoms. The molecular weight excluding hydrogens is 448 g/mol. The number of amides is 1. The van der Waals surface area contributed by atoms with Gasteiger partial charge in [-0.2, -0.15) is 9.61 Å². The summed E-state index contributed by atoms with van der Waals surface area (Å²) in [6, 6.07) is 3.64. The van der Waals surface area contributed by atoms with Gasteiger partial charge in [-0.1, -0.05) is 0 Å². The van der Waals surface area contributed by atoms with Crippen LogP contribution in [0.2, 0.25) is 0 Å². The Morgan fingerprint density at radius 1 is 1.29 bits per heavy atom. The minimum atomic E-state index is -2.90. The van der Waals surface area contributed by atoms with Gasteiger partial charge >= 0.3 is 0 Å². The normalized spacial score (nSPS) is 18.9. The Kier molecular flexibility index (Phi) is 7.06. The van der Waals surface area contributed by atoms with Crippen LogP contribution < -0.4 is 21.5 Å². The molecule has 4 N–H and O–H groups in total. The lowest BCUT2D eigenvalue weighted by molar-refractivity contribution is -0.102. The van der Waals surface area contributed by atoms with Gasteiger partial charge in [0.15, 0.2) is 5.65 Å². The van der Waals surface area contributed by atoms with Crippen LogP contribution in [0.4, 0.5) is 26.1 Å². The molecule has 0 unspecified atom stereocenters. The highest BCUT2D eigenvalue weighted by atomic mass is 19.3. The average Bonchev–Trinajstić information content (AvgIpc) is 3.28. The van der Waals surface area contributed by atoms with E-state index in [1.807, 2.05) is 0 Å². The van der Waals surface area contributed by atoms with E-state index in [0.29, 0.717) is 5.82 Å². The number of alkyl halides is 2. The molecule has 0 aromatic carbocycles. The molecule has 1 saturated carbocycles. The second kappa shape index (κ2) is 10.2. The van der Waals surface area contributed by atoms with E-state index in [-0.39, 0.29) is 41.1 Å². The molecule has 2 aliphatic rings. The molecule has 1 saturated heterocycles. The van der Waals surface area contributed by atoms with Gasteiger partial charge in [0.2, 0.25) is 0 Å². The summed E-state index contributed by atoms with van der Waals surface area (Å²) < 4.78 is 33.4. The summed E-state index contributed by atoms with van der Waals surface area (Å²) in [7, 11) is 1.66. The Balaban J connectivity index is 0.000000398. The van der Waals surface area contributed by atoms with Crippen LogP contribution in [-0.2, 0) is 4.74 Å². The Labute approximate surface area is 194 Å². The zero-order chi connectivity index (χ0) is 24.1. The highest BCUT2D eigenvalue weighted by Gasteiger charge is 2.49. The summed E-state index contributed by atoms with van der Waals surface area (Å²) in [5.41, 5.74) is 0.154. The van der Waals surface area contributed by atoms with Crippen LogP contribution in [0.3, 0.4) is 0 Å². The highest BCUT2D eigenvalue weighted by molar-refractivity contribution is 6.00. The summed E-state index contributed by atoms with van der Waals surface area (Å²) in [4.78, 5) is 31.3. The summed E-state index contributed by atoms with van der Waals surface area (Å²) in [6.07, 6.45) is 6.68. The second-order valence-corrected chi connectivity index (χ2v) is 8.11. The van der Waals surface area contributed by atoms with E-state index < -0.39 is 17.9 Å². The Morgan fingerprint density at radius 2 is 2.09 bits per heavy atom. The number of pyridine rings is 1. The SMILES string of the molecule is C1CCOCC1.CNc1cc(Nc2ccc[nH]c2=O)nc2c(C(=O)N[C@H]3CCC3(F)F)cnn12. The molecule has 2 fully saturated rings. The Hall–Kier alpha value is -3.54. The Bertz CT molecular complexity index is 1200. The van der Waals surface area contributed by atoms with Crippen LogP contribution in [-0.4, -0.2) is 57.7 Å². The summed E-state index contributed by atoms with van der Waals surface area (Å²) in [5, 5.41) is 12.3. The number of aromatic amines is 1. The van der Waals surface area contributed by atoms with E-state index in [2.05, 4.69) is 31.0 Å². The zero-order valence-corrected chi connectivity index (χ0v) is 18.7. The molecule has 3 aromatic rings. The second-order valence-electron chi connectivity index (χ2n) is 8.11. The number of hydrogen-bond donors (Lipinski definition) is 4. The van der Waals surface area contributed by atoms with Gasteiger partial charge in [0.1, 0.15) is 22.9 Å². The smallest absolute Gasteiger partial charge is 0.271 e. The van der Waals surface area contributed by atoms with Crippen molar-refractivity contribution < 1.29 is 18.3 Å². The van der Waals surface area contributed by atoms with Gasteiger partial charge in [0.05, 0.1) is 12.2 Å². The lowest BCUT2D eigenvalue weighted by Crippen LogP contribution is -2.55. The van der Waals surface area contributed by atoms with Crippen LogP contribution >= 0.6 is 0 Å². The fourth-order valence-corrected chi connectivity index (χ4v) is 3.63. The molecule has 1 aliphatic carbocycles. The number of aromatic nitrogens is 4. The maximum atomic E-state index is 13.5. The highest BCUT2D eigenvalue weighted by Crippen LogP contribution is 2.37. The van der Waals surface area contributed by atoms with E-state index in [9.17, 15) is 18.4 Å². The number of carbonyl (C=O) groups excluding carboxylic acids is 1. The Morgan fingerprint density at radius 3 is 2.65 bits per heavy atom. The first-order valence-corrected chi connectivity index (χ1v) is 11.2. The quantitative estimate of drug-likeness (QED) is 0.447. The van der Waals surface area contributed by atoms with E-state index in [0.717, 1.165) is 13.2 Å². The molecule has 1 atom stereocenters. The molecule has 3 aromatic heterocycles. The third kappa shape index (κ3) is 5.16. The zero-order valence-electron chi connectivity index (χ0n) is 18.7. The largest absolute Gasteiger partial charge is 0.381 e. The van der Waals surface area contributed by atoms with Crippen LogP contribution in [0.1, 0.15) is 42.5 Å². The van der Waals surface area contributed by atoms with Crippen molar-refractivity contribution in [1.82, 2.24) is 24.9 Å². The van der Waals surface area contributed by atoms with E-state index in [1.165, 1.54) is 36.2 Å². The van der Waals surface area contributed by atoms with Crippen molar-refractivity contribution in [2.24, 2.45) is 0 Å². The van der Waals surface area contributed by atoms with Crippen molar-refractivity contribution >= 4 is 28.9 Å². The molecule has 0 spiro atoms. The van der Waals surface area contributed by atoms with Gasteiger partial charge in [-0.3, -0.25) is 9.59 Å². The van der Waals surface area contributed by atoms with Crippen LogP contribution in [0.25, 0.3) is 5.65 Å². The minimum Gasteiger partial charge on any atom is -0.381 e. The first kappa shape index (κ1) is 23.6. The molecule has 4 heterocycles. The van der Waals surface area contributed by atoms with Crippen LogP contribution in [0.15, 0.2) is 35.4 Å². The molecule has 12 heteroatoms. The van der Waals surface area contributed by atoms with Crippen molar-refractivity contribution in [1.29, 1.82) is 0 Å². The van der Waals surface area contributed by atoms with E-state index in [1.54, 1.807) is 25.2 Å².